The zero-order valence-electron chi connectivity index (χ0n) is 9.68. The number of benzene rings is 1. The highest BCUT2D eigenvalue weighted by Crippen LogP contribution is 2.18. The van der Waals surface area contributed by atoms with Crippen LogP contribution in [0.1, 0.15) is 12.1 Å². The number of carbonyl (C=O) groups excluding carboxylic acids is 1. The Morgan fingerprint density at radius 1 is 1.44 bits per heavy atom. The van der Waals surface area contributed by atoms with Crippen LogP contribution in [0.3, 0.4) is 0 Å². The summed E-state index contributed by atoms with van der Waals surface area (Å²) >= 11 is 0. The van der Waals surface area contributed by atoms with Crippen LogP contribution in [0.5, 0.6) is 0 Å². The molecule has 0 atom stereocenters. The van der Waals surface area contributed by atoms with Crippen LogP contribution in [-0.4, -0.2) is 23.6 Å². The summed E-state index contributed by atoms with van der Waals surface area (Å²) in [4.78, 5) is 11.3. The van der Waals surface area contributed by atoms with Crippen LogP contribution in [0.15, 0.2) is 28.8 Å². The Kier molecular flexibility index (Phi) is 3.57. The van der Waals surface area contributed by atoms with E-state index in [0.29, 0.717) is 12.0 Å². The van der Waals surface area contributed by atoms with Gasteiger partial charge in [-0.15, -0.1) is 0 Å². The molecule has 6 nitrogen and oxygen atoms in total. The fraction of sp³-hybridized carbons (Fsp3) is 0.250. The molecule has 0 aliphatic rings. The molecule has 0 bridgehead atoms. The Bertz CT molecular complexity index is 577. The summed E-state index contributed by atoms with van der Waals surface area (Å²) in [5.74, 6) is -0.576. The number of para-hydroxylation sites is 1. The predicted molar refractivity (Wildman–Crippen MR) is 65.2 cm³/mol. The van der Waals surface area contributed by atoms with Crippen LogP contribution in [-0.2, 0) is 16.0 Å². The monoisotopic (exact) mass is 247 g/mol. The normalized spacial score (nSPS) is 10.4. The molecule has 0 spiro atoms. The van der Waals surface area contributed by atoms with Gasteiger partial charge in [-0.1, -0.05) is 17.3 Å². The number of ether oxygens (including phenoxy) is 1. The van der Waals surface area contributed by atoms with Gasteiger partial charge < -0.3 is 15.0 Å². The molecule has 94 valence electrons. The third kappa shape index (κ3) is 2.85. The first-order valence-electron chi connectivity index (χ1n) is 5.48. The number of rotatable bonds is 5. The molecule has 0 fully saturated rings. The Hall–Kier alpha value is -2.37. The fourth-order valence-electron chi connectivity index (χ4n) is 1.57. The molecule has 2 aromatic rings. The van der Waals surface area contributed by atoms with E-state index in [1.54, 1.807) is 0 Å². The van der Waals surface area contributed by atoms with Crippen molar-refractivity contribution in [1.29, 1.82) is 5.41 Å². The molecule has 0 saturated heterocycles. The number of aromatic nitrogens is 1. The molecule has 0 aliphatic carbocycles. The highest BCUT2D eigenvalue weighted by Gasteiger charge is 2.10. The smallest absolute Gasteiger partial charge is 0.306 e. The second-order valence-electron chi connectivity index (χ2n) is 3.81. The number of hydrogen-bond donors (Lipinski definition) is 2. The molecule has 0 amide bonds. The number of nitrogens with zero attached hydrogens (tertiary/aromatic N) is 1. The van der Waals surface area contributed by atoms with Gasteiger partial charge in [0, 0.05) is 11.8 Å². The lowest BCUT2D eigenvalue weighted by Crippen LogP contribution is -2.20. The molecule has 0 aliphatic heterocycles. The van der Waals surface area contributed by atoms with Gasteiger partial charge in [0.25, 0.3) is 0 Å². The second kappa shape index (κ2) is 5.31. The zero-order chi connectivity index (χ0) is 13.0. The van der Waals surface area contributed by atoms with Gasteiger partial charge >= 0.3 is 5.97 Å². The van der Waals surface area contributed by atoms with Crippen LogP contribution in [0.2, 0.25) is 0 Å². The van der Waals surface area contributed by atoms with Crippen LogP contribution < -0.4 is 5.73 Å². The first kappa shape index (κ1) is 12.1. The maximum Gasteiger partial charge on any atom is 0.306 e. The SMILES string of the molecule is N=C(N)COC(=O)CCc1noc2ccccc12. The summed E-state index contributed by atoms with van der Waals surface area (Å²) in [5.41, 5.74) is 6.51. The van der Waals surface area contributed by atoms with Gasteiger partial charge in [0.2, 0.25) is 0 Å². The van der Waals surface area contributed by atoms with Gasteiger partial charge in [0.05, 0.1) is 12.1 Å². The van der Waals surface area contributed by atoms with Crippen molar-refractivity contribution in [1.82, 2.24) is 5.16 Å². The van der Waals surface area contributed by atoms with Crippen molar-refractivity contribution in [3.8, 4) is 0 Å². The summed E-state index contributed by atoms with van der Waals surface area (Å²) in [6.45, 7) is -0.168. The van der Waals surface area contributed by atoms with E-state index in [-0.39, 0.29) is 18.9 Å². The largest absolute Gasteiger partial charge is 0.458 e. The molecule has 1 heterocycles. The van der Waals surface area contributed by atoms with Crippen LogP contribution in [0, 0.1) is 5.41 Å². The van der Waals surface area contributed by atoms with E-state index < -0.39 is 5.97 Å². The standard InChI is InChI=1S/C12H13N3O3/c13-11(14)7-17-12(16)6-5-9-8-3-1-2-4-10(8)18-15-9/h1-4H,5-7H2,(H3,13,14). The number of amidine groups is 1. The summed E-state index contributed by atoms with van der Waals surface area (Å²) in [5, 5.41) is 11.8. The fourth-order valence-corrected chi connectivity index (χ4v) is 1.57. The predicted octanol–water partition coefficient (Wildman–Crippen LogP) is 1.24. The number of hydrogen-bond acceptors (Lipinski definition) is 5. The molecule has 2 rings (SSSR count). The van der Waals surface area contributed by atoms with Gasteiger partial charge in [0.15, 0.2) is 5.58 Å². The first-order valence-corrected chi connectivity index (χ1v) is 5.48. The molecule has 1 aromatic carbocycles. The third-order valence-electron chi connectivity index (χ3n) is 2.41. The third-order valence-corrected chi connectivity index (χ3v) is 2.41. The van der Waals surface area contributed by atoms with Gasteiger partial charge in [-0.2, -0.15) is 0 Å². The molecule has 6 heteroatoms. The lowest BCUT2D eigenvalue weighted by atomic mass is 10.1. The number of nitrogens with two attached hydrogens (primary N) is 1. The summed E-state index contributed by atoms with van der Waals surface area (Å²) in [6.07, 6.45) is 0.623. The van der Waals surface area contributed by atoms with Crippen LogP contribution in [0.25, 0.3) is 11.0 Å². The van der Waals surface area contributed by atoms with Crippen molar-refractivity contribution in [2.75, 3.05) is 6.61 Å². The van der Waals surface area contributed by atoms with E-state index in [2.05, 4.69) is 5.16 Å². The molecular formula is C12H13N3O3. The van der Waals surface area contributed by atoms with Gasteiger partial charge in [-0.3, -0.25) is 10.2 Å². The minimum absolute atomic E-state index is 0.168. The molecule has 1 aromatic heterocycles. The summed E-state index contributed by atoms with van der Waals surface area (Å²) < 4.78 is 9.89. The number of fused-ring (bicyclic) bond motifs is 1. The Labute approximate surface area is 103 Å². The molecule has 0 saturated carbocycles. The minimum atomic E-state index is -0.405. The van der Waals surface area contributed by atoms with Gasteiger partial charge in [0.1, 0.15) is 12.4 Å². The van der Waals surface area contributed by atoms with E-state index >= 15 is 0 Å². The van der Waals surface area contributed by atoms with Crippen LogP contribution >= 0.6 is 0 Å². The van der Waals surface area contributed by atoms with Crippen LogP contribution in [0.4, 0.5) is 0 Å². The van der Waals surface area contributed by atoms with Gasteiger partial charge in [-0.05, 0) is 12.1 Å². The quantitative estimate of drug-likeness (QED) is 0.470. The van der Waals surface area contributed by atoms with E-state index in [1.165, 1.54) is 0 Å². The van der Waals surface area contributed by atoms with E-state index in [4.69, 9.17) is 20.4 Å². The Balaban J connectivity index is 1.94. The van der Waals surface area contributed by atoms with Crippen molar-refractivity contribution in [2.45, 2.75) is 12.8 Å². The van der Waals surface area contributed by atoms with Gasteiger partial charge in [-0.25, -0.2) is 0 Å². The Morgan fingerprint density at radius 3 is 3.00 bits per heavy atom. The molecule has 0 unspecified atom stereocenters. The Morgan fingerprint density at radius 2 is 2.22 bits per heavy atom. The minimum Gasteiger partial charge on any atom is -0.458 e. The highest BCUT2D eigenvalue weighted by atomic mass is 16.5. The lowest BCUT2D eigenvalue weighted by molar-refractivity contribution is -0.141. The van der Waals surface area contributed by atoms with Crippen molar-refractivity contribution >= 4 is 22.8 Å². The molecular weight excluding hydrogens is 234 g/mol. The lowest BCUT2D eigenvalue weighted by Gasteiger charge is -2.01. The van der Waals surface area contributed by atoms with Crippen molar-refractivity contribution < 1.29 is 14.1 Å². The number of nitrogens with one attached hydrogen (secondary N) is 1. The molecule has 3 N–H and O–H groups in total. The average Bonchev–Trinajstić information content (AvgIpc) is 2.77. The van der Waals surface area contributed by atoms with Crippen molar-refractivity contribution in [3.63, 3.8) is 0 Å². The topological polar surface area (TPSA) is 102 Å². The number of carbonyl (C=O) groups is 1. The van der Waals surface area contributed by atoms with Crippen molar-refractivity contribution in [3.05, 3.63) is 30.0 Å². The maximum absolute atomic E-state index is 11.3. The average molecular weight is 247 g/mol. The van der Waals surface area contributed by atoms with Crippen molar-refractivity contribution in [2.24, 2.45) is 5.73 Å². The molecule has 0 radical (unpaired) electrons. The first-order chi connectivity index (χ1) is 8.66. The van der Waals surface area contributed by atoms with E-state index in [1.807, 2.05) is 24.3 Å². The maximum atomic E-state index is 11.3. The van der Waals surface area contributed by atoms with E-state index in [9.17, 15) is 4.79 Å². The number of esters is 1. The highest BCUT2D eigenvalue weighted by molar-refractivity contribution is 5.82. The summed E-state index contributed by atoms with van der Waals surface area (Å²) in [7, 11) is 0. The molecule has 18 heavy (non-hydrogen) atoms. The number of aryl methyl sites for hydroxylation is 1. The summed E-state index contributed by atoms with van der Waals surface area (Å²) in [6, 6.07) is 7.46. The zero-order valence-corrected chi connectivity index (χ0v) is 9.68. The van der Waals surface area contributed by atoms with E-state index in [0.717, 1.165) is 11.1 Å². The second-order valence-corrected chi connectivity index (χ2v) is 3.81.